The van der Waals surface area contributed by atoms with E-state index in [-0.39, 0.29) is 17.8 Å². The number of hydrogen-bond donors (Lipinski definition) is 1. The van der Waals surface area contributed by atoms with Gasteiger partial charge in [0.2, 0.25) is 11.8 Å². The zero-order valence-corrected chi connectivity index (χ0v) is 22.5. The van der Waals surface area contributed by atoms with Crippen molar-refractivity contribution >= 4 is 17.2 Å². The van der Waals surface area contributed by atoms with Crippen molar-refractivity contribution in [3.05, 3.63) is 93.9 Å². The van der Waals surface area contributed by atoms with Crippen molar-refractivity contribution in [3.8, 4) is 22.8 Å². The van der Waals surface area contributed by atoms with Crippen molar-refractivity contribution in [2.24, 2.45) is 5.73 Å². The smallest absolute Gasteiger partial charge is 0.254 e. The Morgan fingerprint density at radius 3 is 2.72 bits per heavy atom. The zero-order valence-electron chi connectivity index (χ0n) is 21.7. The Balaban J connectivity index is 1.35. The van der Waals surface area contributed by atoms with Crippen LogP contribution >= 0.6 is 11.3 Å². The molecule has 2 aromatic carbocycles. The first kappa shape index (κ1) is 25.1. The third-order valence-electron chi connectivity index (χ3n) is 6.91. The number of benzene rings is 2. The minimum Gasteiger partial charge on any atom is -0.419 e. The van der Waals surface area contributed by atoms with Gasteiger partial charge in [0, 0.05) is 40.4 Å². The second-order valence-corrected chi connectivity index (χ2v) is 11.0. The van der Waals surface area contributed by atoms with Crippen LogP contribution in [0.15, 0.2) is 75.1 Å². The van der Waals surface area contributed by atoms with E-state index in [1.165, 1.54) is 0 Å². The van der Waals surface area contributed by atoms with E-state index in [1.54, 1.807) is 29.7 Å². The quantitative estimate of drug-likeness (QED) is 0.285. The molecule has 0 aliphatic carbocycles. The number of nitrogens with zero attached hydrogens (tertiary/aromatic N) is 5. The molecule has 0 radical (unpaired) electrons. The monoisotopic (exact) mass is 540 g/mol. The Labute approximate surface area is 229 Å². The Kier molecular flexibility index (Phi) is 6.58. The summed E-state index contributed by atoms with van der Waals surface area (Å²) in [6, 6.07) is 17.1. The van der Waals surface area contributed by atoms with Crippen molar-refractivity contribution in [1.29, 1.82) is 0 Å². The molecule has 0 spiro atoms. The van der Waals surface area contributed by atoms with E-state index in [1.807, 2.05) is 66.6 Å². The lowest BCUT2D eigenvalue weighted by molar-refractivity contribution is 0.0735. The van der Waals surface area contributed by atoms with Crippen LogP contribution in [0.1, 0.15) is 58.3 Å². The van der Waals surface area contributed by atoms with Crippen LogP contribution in [0.3, 0.4) is 0 Å². The summed E-state index contributed by atoms with van der Waals surface area (Å²) in [6.07, 6.45) is 3.91. The summed E-state index contributed by atoms with van der Waals surface area (Å²) in [5.74, 6) is 1.05. The molecule has 0 bridgehead atoms. The average molecular weight is 541 g/mol. The molecule has 1 fully saturated rings. The van der Waals surface area contributed by atoms with E-state index in [2.05, 4.69) is 20.3 Å². The Morgan fingerprint density at radius 2 is 1.97 bits per heavy atom. The fourth-order valence-corrected chi connectivity index (χ4v) is 5.95. The first-order valence-electron chi connectivity index (χ1n) is 12.8. The summed E-state index contributed by atoms with van der Waals surface area (Å²) < 4.78 is 11.5. The summed E-state index contributed by atoms with van der Waals surface area (Å²) in [5.41, 5.74) is 9.57. The lowest BCUT2D eigenvalue weighted by atomic mass is 9.94. The number of carbonyl (C=O) groups is 1. The second-order valence-electron chi connectivity index (χ2n) is 10.2. The molecule has 1 amide bonds. The van der Waals surface area contributed by atoms with E-state index in [0.29, 0.717) is 41.3 Å². The van der Waals surface area contributed by atoms with Crippen LogP contribution < -0.4 is 5.73 Å². The molecule has 1 saturated heterocycles. The van der Waals surface area contributed by atoms with Crippen LogP contribution in [0.25, 0.3) is 22.8 Å². The van der Waals surface area contributed by atoms with Gasteiger partial charge in [-0.25, -0.2) is 4.98 Å². The highest BCUT2D eigenvalue weighted by atomic mass is 32.1. The summed E-state index contributed by atoms with van der Waals surface area (Å²) in [5, 5.41) is 15.4. The van der Waals surface area contributed by atoms with Gasteiger partial charge in [0.25, 0.3) is 5.91 Å². The highest BCUT2D eigenvalue weighted by Crippen LogP contribution is 2.36. The van der Waals surface area contributed by atoms with Gasteiger partial charge in [-0.05, 0) is 56.9 Å². The van der Waals surface area contributed by atoms with Crippen molar-refractivity contribution < 1.29 is 13.7 Å². The predicted molar refractivity (Wildman–Crippen MR) is 147 cm³/mol. The number of thiazole rings is 1. The Hall–Kier alpha value is -4.15. The topological polar surface area (TPSA) is 124 Å². The third-order valence-corrected chi connectivity index (χ3v) is 7.98. The normalized spacial score (nSPS) is 16.9. The van der Waals surface area contributed by atoms with Gasteiger partial charge in [-0.3, -0.25) is 4.79 Å². The molecule has 1 aliphatic rings. The van der Waals surface area contributed by atoms with Gasteiger partial charge in [0.05, 0.1) is 17.8 Å². The SMILES string of the molecule is Cc1csc(C2CCCN2C(=O)c2cc(-c3ccno3)cc(-c3nnc(C(C)(N)Cc4ccccc4)o3)c2)n1. The number of nitrogens with two attached hydrogens (primary N) is 1. The fraction of sp³-hybridized carbons (Fsp3) is 0.276. The third kappa shape index (κ3) is 5.13. The van der Waals surface area contributed by atoms with Gasteiger partial charge in [0.15, 0.2) is 5.76 Å². The molecular weight excluding hydrogens is 512 g/mol. The molecule has 10 heteroatoms. The molecule has 3 aromatic heterocycles. The van der Waals surface area contributed by atoms with E-state index in [0.717, 1.165) is 29.1 Å². The van der Waals surface area contributed by atoms with Gasteiger partial charge in [-0.1, -0.05) is 35.5 Å². The molecule has 2 N–H and O–H groups in total. The van der Waals surface area contributed by atoms with Gasteiger partial charge in [-0.15, -0.1) is 21.5 Å². The van der Waals surface area contributed by atoms with E-state index in [4.69, 9.17) is 14.7 Å². The van der Waals surface area contributed by atoms with E-state index < -0.39 is 5.54 Å². The van der Waals surface area contributed by atoms with Crippen molar-refractivity contribution in [3.63, 3.8) is 0 Å². The minimum absolute atomic E-state index is 0.0421. The molecule has 198 valence electrons. The van der Waals surface area contributed by atoms with Crippen LogP contribution in [0.5, 0.6) is 0 Å². The van der Waals surface area contributed by atoms with Crippen LogP contribution in [-0.4, -0.2) is 37.7 Å². The number of rotatable bonds is 7. The second kappa shape index (κ2) is 10.2. The largest absolute Gasteiger partial charge is 0.419 e. The maximum Gasteiger partial charge on any atom is 0.254 e. The summed E-state index contributed by atoms with van der Waals surface area (Å²) in [7, 11) is 0. The van der Waals surface area contributed by atoms with Gasteiger partial charge in [-0.2, -0.15) is 0 Å². The number of aromatic nitrogens is 4. The molecule has 9 nitrogen and oxygen atoms in total. The molecule has 6 rings (SSSR count). The predicted octanol–water partition coefficient (Wildman–Crippen LogP) is 5.55. The number of carbonyl (C=O) groups excluding carboxylic acids is 1. The maximum atomic E-state index is 13.9. The zero-order chi connectivity index (χ0) is 27.0. The highest BCUT2D eigenvalue weighted by Gasteiger charge is 2.33. The molecule has 5 aromatic rings. The molecule has 2 unspecified atom stereocenters. The number of amides is 1. The van der Waals surface area contributed by atoms with Gasteiger partial charge >= 0.3 is 0 Å². The lowest BCUT2D eigenvalue weighted by Crippen LogP contribution is -2.35. The van der Waals surface area contributed by atoms with E-state index in [9.17, 15) is 4.79 Å². The maximum absolute atomic E-state index is 13.9. The van der Waals surface area contributed by atoms with Crippen LogP contribution in [-0.2, 0) is 12.0 Å². The van der Waals surface area contributed by atoms with Crippen LogP contribution in [0.4, 0.5) is 0 Å². The molecule has 4 heterocycles. The van der Waals surface area contributed by atoms with Crippen molar-refractivity contribution in [1.82, 2.24) is 25.2 Å². The van der Waals surface area contributed by atoms with Gasteiger partial charge in [0.1, 0.15) is 5.01 Å². The molecule has 39 heavy (non-hydrogen) atoms. The highest BCUT2D eigenvalue weighted by molar-refractivity contribution is 7.09. The summed E-state index contributed by atoms with van der Waals surface area (Å²) in [4.78, 5) is 20.4. The van der Waals surface area contributed by atoms with E-state index >= 15 is 0 Å². The molecule has 2 atom stereocenters. The molecule has 1 aliphatic heterocycles. The standard InChI is InChI=1S/C29H28N6O3S/c1-18-17-39-26(32-18)23-9-6-12-35(23)27(36)22-14-20(24-10-11-31-38-24)13-21(15-22)25-33-34-28(37-25)29(2,30)16-19-7-4-3-5-8-19/h3-5,7-8,10-11,13-15,17,23H,6,9,12,16,30H2,1-2H3. The minimum atomic E-state index is -0.873. The summed E-state index contributed by atoms with van der Waals surface area (Å²) in [6.45, 7) is 4.50. The van der Waals surface area contributed by atoms with Crippen molar-refractivity contribution in [2.45, 2.75) is 44.7 Å². The van der Waals surface area contributed by atoms with Gasteiger partial charge < -0.3 is 19.6 Å². The lowest BCUT2D eigenvalue weighted by Gasteiger charge is -2.23. The molecular formula is C29H28N6O3S. The first-order valence-corrected chi connectivity index (χ1v) is 13.7. The fourth-order valence-electron chi connectivity index (χ4n) is 5.01. The number of aryl methyl sites for hydroxylation is 1. The van der Waals surface area contributed by atoms with Crippen LogP contribution in [0, 0.1) is 6.92 Å². The first-order chi connectivity index (χ1) is 18.9. The average Bonchev–Trinajstić information content (AvgIpc) is 3.74. The Bertz CT molecular complexity index is 1590. The molecule has 0 saturated carbocycles. The van der Waals surface area contributed by atoms with Crippen molar-refractivity contribution in [2.75, 3.05) is 6.54 Å². The number of hydrogen-bond acceptors (Lipinski definition) is 9. The number of likely N-dealkylation sites (tertiary alicyclic amines) is 1. The Morgan fingerprint density at radius 1 is 1.15 bits per heavy atom. The van der Waals surface area contributed by atoms with Crippen LogP contribution in [0.2, 0.25) is 0 Å². The summed E-state index contributed by atoms with van der Waals surface area (Å²) >= 11 is 1.60.